The molecule has 0 aliphatic heterocycles. The summed E-state index contributed by atoms with van der Waals surface area (Å²) in [4.78, 5) is 0.824. The van der Waals surface area contributed by atoms with Gasteiger partial charge in [-0.2, -0.15) is 0 Å². The molecule has 0 bridgehead atoms. The number of thiocarbonyl (C=S) groups is 1. The molecule has 0 fully saturated rings. The topological polar surface area (TPSA) is 35.2 Å². The van der Waals surface area contributed by atoms with E-state index < -0.39 is 17.4 Å². The van der Waals surface area contributed by atoms with Crippen LogP contribution in [0.3, 0.4) is 0 Å². The van der Waals surface area contributed by atoms with E-state index in [9.17, 15) is 8.78 Å². The van der Waals surface area contributed by atoms with Crippen molar-refractivity contribution in [3.63, 3.8) is 0 Å². The predicted molar refractivity (Wildman–Crippen MR) is 70.9 cm³/mol. The lowest BCUT2D eigenvalue weighted by Gasteiger charge is -2.08. The third-order valence-electron chi connectivity index (χ3n) is 2.22. The SMILES string of the molecule is NC(=S)c1cc(F)c(OCc2cccs2)c(F)c1. The number of rotatable bonds is 4. The molecule has 0 aliphatic rings. The largest absolute Gasteiger partial charge is 0.482 e. The van der Waals surface area contributed by atoms with E-state index in [-0.39, 0.29) is 17.2 Å². The Labute approximate surface area is 112 Å². The highest BCUT2D eigenvalue weighted by molar-refractivity contribution is 7.80. The zero-order valence-electron chi connectivity index (χ0n) is 9.15. The number of hydrogen-bond donors (Lipinski definition) is 1. The van der Waals surface area contributed by atoms with Gasteiger partial charge in [0.25, 0.3) is 0 Å². The molecule has 0 unspecified atom stereocenters. The molecule has 0 saturated carbocycles. The lowest BCUT2D eigenvalue weighted by Crippen LogP contribution is -2.11. The Morgan fingerprint density at radius 1 is 1.33 bits per heavy atom. The fourth-order valence-corrected chi connectivity index (χ4v) is 2.11. The van der Waals surface area contributed by atoms with Crippen molar-refractivity contribution in [2.24, 2.45) is 5.73 Å². The van der Waals surface area contributed by atoms with Crippen molar-refractivity contribution >= 4 is 28.5 Å². The Morgan fingerprint density at radius 3 is 2.50 bits per heavy atom. The molecule has 0 atom stereocenters. The third-order valence-corrected chi connectivity index (χ3v) is 3.31. The average Bonchev–Trinajstić information content (AvgIpc) is 2.80. The fourth-order valence-electron chi connectivity index (χ4n) is 1.38. The van der Waals surface area contributed by atoms with Gasteiger partial charge in [0.15, 0.2) is 17.4 Å². The fraction of sp³-hybridized carbons (Fsp3) is 0.0833. The molecule has 6 heteroatoms. The molecule has 0 saturated heterocycles. The van der Waals surface area contributed by atoms with Gasteiger partial charge in [-0.15, -0.1) is 11.3 Å². The van der Waals surface area contributed by atoms with Gasteiger partial charge in [-0.05, 0) is 23.6 Å². The maximum Gasteiger partial charge on any atom is 0.191 e. The molecule has 2 rings (SSSR count). The van der Waals surface area contributed by atoms with Crippen LogP contribution in [0.1, 0.15) is 10.4 Å². The number of halogens is 2. The lowest BCUT2D eigenvalue weighted by atomic mass is 10.2. The number of benzene rings is 1. The molecule has 94 valence electrons. The van der Waals surface area contributed by atoms with Crippen molar-refractivity contribution in [2.75, 3.05) is 0 Å². The van der Waals surface area contributed by atoms with E-state index in [1.165, 1.54) is 11.3 Å². The smallest absolute Gasteiger partial charge is 0.191 e. The first-order valence-electron chi connectivity index (χ1n) is 5.02. The highest BCUT2D eigenvalue weighted by Gasteiger charge is 2.14. The number of hydrogen-bond acceptors (Lipinski definition) is 3. The summed E-state index contributed by atoms with van der Waals surface area (Å²) in [6, 6.07) is 5.79. The van der Waals surface area contributed by atoms with Crippen LogP contribution in [0.4, 0.5) is 8.78 Å². The molecule has 2 nitrogen and oxygen atoms in total. The van der Waals surface area contributed by atoms with Gasteiger partial charge in [-0.1, -0.05) is 18.3 Å². The van der Waals surface area contributed by atoms with E-state index in [4.69, 9.17) is 10.5 Å². The minimum absolute atomic E-state index is 0.0578. The second-order valence-electron chi connectivity index (χ2n) is 3.50. The number of ether oxygens (including phenoxy) is 1. The molecular weight excluding hydrogens is 276 g/mol. The summed E-state index contributed by atoms with van der Waals surface area (Å²) >= 11 is 6.11. The van der Waals surface area contributed by atoms with Gasteiger partial charge in [-0.25, -0.2) is 8.78 Å². The number of nitrogens with two attached hydrogens (primary N) is 1. The van der Waals surface area contributed by atoms with Gasteiger partial charge < -0.3 is 10.5 Å². The minimum atomic E-state index is -0.811. The lowest BCUT2D eigenvalue weighted by molar-refractivity contribution is 0.277. The Morgan fingerprint density at radius 2 is 2.00 bits per heavy atom. The summed E-state index contributed by atoms with van der Waals surface area (Å²) in [6.07, 6.45) is 0. The Balaban J connectivity index is 2.20. The van der Waals surface area contributed by atoms with E-state index in [0.717, 1.165) is 17.0 Å². The first kappa shape index (κ1) is 12.9. The molecule has 1 aromatic heterocycles. The summed E-state index contributed by atoms with van der Waals surface area (Å²) in [5.41, 5.74) is 5.45. The molecule has 0 spiro atoms. The van der Waals surface area contributed by atoms with Crippen LogP contribution in [0.5, 0.6) is 5.75 Å². The van der Waals surface area contributed by atoms with E-state index in [0.29, 0.717) is 0 Å². The van der Waals surface area contributed by atoms with E-state index in [1.54, 1.807) is 0 Å². The predicted octanol–water partition coefficient (Wildman–Crippen LogP) is 3.24. The molecule has 18 heavy (non-hydrogen) atoms. The second-order valence-corrected chi connectivity index (χ2v) is 4.97. The monoisotopic (exact) mass is 285 g/mol. The third kappa shape index (κ3) is 2.83. The van der Waals surface area contributed by atoms with Gasteiger partial charge in [0.05, 0.1) is 0 Å². The Kier molecular flexibility index (Phi) is 3.88. The molecule has 0 aliphatic carbocycles. The van der Waals surface area contributed by atoms with Crippen molar-refractivity contribution < 1.29 is 13.5 Å². The molecular formula is C12H9F2NOS2. The summed E-state index contributed by atoms with van der Waals surface area (Å²) in [6.45, 7) is 0.123. The van der Waals surface area contributed by atoms with Crippen molar-refractivity contribution in [1.29, 1.82) is 0 Å². The van der Waals surface area contributed by atoms with Crippen LogP contribution in [0.25, 0.3) is 0 Å². The Hall–Kier alpha value is -1.53. The average molecular weight is 285 g/mol. The summed E-state index contributed by atoms with van der Waals surface area (Å²) < 4.78 is 32.4. The highest BCUT2D eigenvalue weighted by atomic mass is 32.1. The van der Waals surface area contributed by atoms with Crippen LogP contribution in [-0.2, 0) is 6.61 Å². The first-order chi connectivity index (χ1) is 8.58. The van der Waals surface area contributed by atoms with Crippen molar-refractivity contribution in [2.45, 2.75) is 6.61 Å². The summed E-state index contributed by atoms with van der Waals surface area (Å²) in [5.74, 6) is -2.04. The maximum atomic E-state index is 13.6. The molecule has 0 amide bonds. The first-order valence-corrected chi connectivity index (χ1v) is 6.30. The van der Waals surface area contributed by atoms with Gasteiger partial charge in [-0.3, -0.25) is 0 Å². The van der Waals surface area contributed by atoms with Crippen LogP contribution >= 0.6 is 23.6 Å². The van der Waals surface area contributed by atoms with E-state index in [2.05, 4.69) is 12.2 Å². The Bertz CT molecular complexity index is 546. The molecule has 1 heterocycles. The quantitative estimate of drug-likeness (QED) is 0.876. The van der Waals surface area contributed by atoms with Crippen LogP contribution in [0.2, 0.25) is 0 Å². The van der Waals surface area contributed by atoms with Gasteiger partial charge in [0.1, 0.15) is 11.6 Å². The standard InChI is InChI=1S/C12H9F2NOS2/c13-9-4-7(12(15)17)5-10(14)11(9)16-6-8-2-1-3-18-8/h1-5H,6H2,(H2,15,17). The van der Waals surface area contributed by atoms with Gasteiger partial charge in [0.2, 0.25) is 0 Å². The molecule has 2 N–H and O–H groups in total. The van der Waals surface area contributed by atoms with Crippen LogP contribution in [0.15, 0.2) is 29.6 Å². The normalized spacial score (nSPS) is 10.3. The zero-order valence-corrected chi connectivity index (χ0v) is 10.8. The van der Waals surface area contributed by atoms with Crippen molar-refractivity contribution in [3.05, 3.63) is 51.7 Å². The summed E-state index contributed by atoms with van der Waals surface area (Å²) in [5, 5.41) is 1.86. The van der Waals surface area contributed by atoms with E-state index in [1.807, 2.05) is 17.5 Å². The van der Waals surface area contributed by atoms with Crippen molar-refractivity contribution in [1.82, 2.24) is 0 Å². The van der Waals surface area contributed by atoms with E-state index >= 15 is 0 Å². The van der Waals surface area contributed by atoms with Crippen LogP contribution in [-0.4, -0.2) is 4.99 Å². The summed E-state index contributed by atoms with van der Waals surface area (Å²) in [7, 11) is 0. The maximum absolute atomic E-state index is 13.6. The molecule has 1 aromatic carbocycles. The van der Waals surface area contributed by atoms with Crippen LogP contribution < -0.4 is 10.5 Å². The van der Waals surface area contributed by atoms with Gasteiger partial charge in [0, 0.05) is 10.4 Å². The van der Waals surface area contributed by atoms with Crippen LogP contribution in [0, 0.1) is 11.6 Å². The second kappa shape index (κ2) is 5.41. The van der Waals surface area contributed by atoms with Crippen molar-refractivity contribution in [3.8, 4) is 5.75 Å². The number of thiophene rings is 1. The molecule has 0 radical (unpaired) electrons. The minimum Gasteiger partial charge on any atom is -0.482 e. The molecule has 2 aromatic rings. The zero-order chi connectivity index (χ0) is 13.1. The highest BCUT2D eigenvalue weighted by Crippen LogP contribution is 2.25. The van der Waals surface area contributed by atoms with Gasteiger partial charge >= 0.3 is 0 Å².